The number of methoxy groups -OCH3 is 1. The highest BCUT2D eigenvalue weighted by atomic mass is 16.5. The lowest BCUT2D eigenvalue weighted by Gasteiger charge is -2.31. The lowest BCUT2D eigenvalue weighted by atomic mass is 9.91. The van der Waals surface area contributed by atoms with Gasteiger partial charge < -0.3 is 9.64 Å². The first kappa shape index (κ1) is 14.1. The van der Waals surface area contributed by atoms with Crippen LogP contribution in [-0.4, -0.2) is 36.5 Å². The van der Waals surface area contributed by atoms with Crippen molar-refractivity contribution in [2.24, 2.45) is 17.8 Å². The van der Waals surface area contributed by atoms with Gasteiger partial charge in [-0.2, -0.15) is 0 Å². The number of rotatable bonds is 5. The van der Waals surface area contributed by atoms with E-state index in [1.54, 1.807) is 0 Å². The van der Waals surface area contributed by atoms with E-state index in [9.17, 15) is 9.59 Å². The highest BCUT2D eigenvalue weighted by Gasteiger charge is 2.41. The molecule has 0 spiro atoms. The van der Waals surface area contributed by atoms with Crippen LogP contribution in [0.3, 0.4) is 0 Å². The molecule has 1 amide bonds. The third kappa shape index (κ3) is 2.99. The molecular weight excluding hydrogens is 242 g/mol. The second-order valence-corrected chi connectivity index (χ2v) is 5.84. The summed E-state index contributed by atoms with van der Waals surface area (Å²) in [4.78, 5) is 25.7. The minimum atomic E-state index is -0.258. The van der Waals surface area contributed by atoms with Crippen molar-refractivity contribution in [2.75, 3.05) is 13.7 Å². The number of ether oxygens (including phenoxy) is 1. The van der Waals surface area contributed by atoms with Crippen molar-refractivity contribution in [3.8, 4) is 0 Å². The van der Waals surface area contributed by atoms with Crippen molar-refractivity contribution >= 4 is 11.9 Å². The zero-order chi connectivity index (χ0) is 14.0. The van der Waals surface area contributed by atoms with Gasteiger partial charge in [-0.3, -0.25) is 9.59 Å². The van der Waals surface area contributed by atoms with E-state index in [1.807, 2.05) is 18.7 Å². The van der Waals surface area contributed by atoms with Crippen LogP contribution in [0.25, 0.3) is 0 Å². The van der Waals surface area contributed by atoms with E-state index in [0.29, 0.717) is 18.4 Å². The summed E-state index contributed by atoms with van der Waals surface area (Å²) < 4.78 is 4.65. The monoisotopic (exact) mass is 265 g/mol. The summed E-state index contributed by atoms with van der Waals surface area (Å²) in [7, 11) is 1.38. The Kier molecular flexibility index (Phi) is 4.27. The van der Waals surface area contributed by atoms with Gasteiger partial charge in [-0.25, -0.2) is 0 Å². The molecule has 0 unspecified atom stereocenters. The van der Waals surface area contributed by atoms with Crippen molar-refractivity contribution in [1.82, 2.24) is 4.90 Å². The third-order valence-electron chi connectivity index (χ3n) is 4.29. The van der Waals surface area contributed by atoms with Gasteiger partial charge in [0.15, 0.2) is 0 Å². The summed E-state index contributed by atoms with van der Waals surface area (Å²) in [5.74, 6) is 1.07. The Morgan fingerprint density at radius 2 is 2.05 bits per heavy atom. The van der Waals surface area contributed by atoms with Gasteiger partial charge in [-0.15, -0.1) is 0 Å². The second-order valence-electron chi connectivity index (χ2n) is 5.84. The molecule has 2 aliphatic rings. The van der Waals surface area contributed by atoms with E-state index in [4.69, 9.17) is 0 Å². The van der Waals surface area contributed by atoms with E-state index in [0.717, 1.165) is 12.8 Å². The first-order chi connectivity index (χ1) is 9.02. The van der Waals surface area contributed by atoms with Crippen molar-refractivity contribution < 1.29 is 14.3 Å². The van der Waals surface area contributed by atoms with Crippen molar-refractivity contribution in [2.45, 2.75) is 39.2 Å². The normalized spacial score (nSPS) is 27.9. The number of carbonyl (C=O) groups excluding carboxylic acids is 2. The molecule has 3 atom stereocenters. The predicted molar refractivity (Wildman–Crippen MR) is 72.3 cm³/mol. The molecule has 0 saturated heterocycles. The van der Waals surface area contributed by atoms with Gasteiger partial charge in [0, 0.05) is 18.5 Å². The van der Waals surface area contributed by atoms with E-state index >= 15 is 0 Å². The molecule has 106 valence electrons. The van der Waals surface area contributed by atoms with E-state index in [-0.39, 0.29) is 30.3 Å². The van der Waals surface area contributed by atoms with Gasteiger partial charge in [-0.1, -0.05) is 12.2 Å². The Hall–Kier alpha value is -1.32. The Balaban J connectivity index is 1.97. The van der Waals surface area contributed by atoms with Crippen LogP contribution >= 0.6 is 0 Å². The molecule has 0 aliphatic heterocycles. The highest BCUT2D eigenvalue weighted by molar-refractivity contribution is 5.81. The number of esters is 1. The average Bonchev–Trinajstić information content (AvgIpc) is 3.00. The van der Waals surface area contributed by atoms with Gasteiger partial charge in [0.25, 0.3) is 0 Å². The van der Waals surface area contributed by atoms with Crippen LogP contribution in [0, 0.1) is 17.8 Å². The van der Waals surface area contributed by atoms with Crippen LogP contribution in [0.2, 0.25) is 0 Å². The van der Waals surface area contributed by atoms with Crippen LogP contribution < -0.4 is 0 Å². The van der Waals surface area contributed by atoms with Crippen molar-refractivity contribution in [3.63, 3.8) is 0 Å². The van der Waals surface area contributed by atoms with E-state index < -0.39 is 0 Å². The Morgan fingerprint density at radius 1 is 1.32 bits per heavy atom. The smallest absolute Gasteiger partial charge is 0.307 e. The molecule has 0 aromatic carbocycles. The van der Waals surface area contributed by atoms with Crippen LogP contribution in [0.15, 0.2) is 12.2 Å². The molecule has 1 saturated carbocycles. The molecule has 2 aliphatic carbocycles. The number of hydrogen-bond acceptors (Lipinski definition) is 3. The largest absolute Gasteiger partial charge is 0.469 e. The SMILES string of the molecule is COC(=O)CCN(C(=O)[C@@H]1C[C@@H]2C=C[C@@H]1C2)C(C)C. The Bertz CT molecular complexity index is 389. The standard InChI is InChI=1S/C15H23NO3/c1-10(2)16(7-6-14(17)19-3)15(18)13-9-11-4-5-12(13)8-11/h4-5,10-13H,6-9H2,1-3H3/t11-,12-,13-/m1/s1. The molecule has 0 aromatic heterocycles. The molecule has 1 fully saturated rings. The second kappa shape index (κ2) is 5.76. The third-order valence-corrected chi connectivity index (χ3v) is 4.29. The van der Waals surface area contributed by atoms with Crippen LogP contribution in [0.1, 0.15) is 33.1 Å². The molecule has 4 nitrogen and oxygen atoms in total. The lowest BCUT2D eigenvalue weighted by molar-refractivity contribution is -0.143. The highest BCUT2D eigenvalue weighted by Crippen LogP contribution is 2.44. The fraction of sp³-hybridized carbons (Fsp3) is 0.733. The van der Waals surface area contributed by atoms with E-state index in [1.165, 1.54) is 7.11 Å². The number of carbonyl (C=O) groups is 2. The molecule has 4 heteroatoms. The molecule has 0 heterocycles. The number of allylic oxidation sites excluding steroid dienone is 2. The minimum Gasteiger partial charge on any atom is -0.469 e. The van der Waals surface area contributed by atoms with Crippen molar-refractivity contribution in [1.29, 1.82) is 0 Å². The number of fused-ring (bicyclic) bond motifs is 2. The van der Waals surface area contributed by atoms with Crippen LogP contribution in [-0.2, 0) is 14.3 Å². The van der Waals surface area contributed by atoms with E-state index in [2.05, 4.69) is 16.9 Å². The Labute approximate surface area is 114 Å². The zero-order valence-electron chi connectivity index (χ0n) is 12.0. The molecular formula is C15H23NO3. The first-order valence-corrected chi connectivity index (χ1v) is 7.08. The van der Waals surface area contributed by atoms with Crippen molar-refractivity contribution in [3.05, 3.63) is 12.2 Å². The van der Waals surface area contributed by atoms with Crippen LogP contribution in [0.4, 0.5) is 0 Å². The molecule has 0 radical (unpaired) electrons. The molecule has 19 heavy (non-hydrogen) atoms. The summed E-state index contributed by atoms with van der Waals surface area (Å²) in [5.41, 5.74) is 0. The number of amides is 1. The first-order valence-electron chi connectivity index (χ1n) is 7.08. The topological polar surface area (TPSA) is 46.6 Å². The fourth-order valence-corrected chi connectivity index (χ4v) is 3.21. The fourth-order valence-electron chi connectivity index (χ4n) is 3.21. The van der Waals surface area contributed by atoms with Crippen LogP contribution in [0.5, 0.6) is 0 Å². The van der Waals surface area contributed by atoms with Gasteiger partial charge in [-0.05, 0) is 38.5 Å². The summed E-state index contributed by atoms with van der Waals surface area (Å²) in [6.07, 6.45) is 6.80. The summed E-state index contributed by atoms with van der Waals surface area (Å²) in [5, 5.41) is 0. The molecule has 2 rings (SSSR count). The van der Waals surface area contributed by atoms with Gasteiger partial charge in [0.1, 0.15) is 0 Å². The maximum atomic E-state index is 12.6. The van der Waals surface area contributed by atoms with Gasteiger partial charge in [0.2, 0.25) is 5.91 Å². The Morgan fingerprint density at radius 3 is 2.53 bits per heavy atom. The maximum absolute atomic E-state index is 12.6. The maximum Gasteiger partial charge on any atom is 0.307 e. The van der Waals surface area contributed by atoms with Gasteiger partial charge >= 0.3 is 5.97 Å². The zero-order valence-corrected chi connectivity index (χ0v) is 12.0. The summed E-state index contributed by atoms with van der Waals surface area (Å²) in [6, 6.07) is 0.125. The molecule has 0 N–H and O–H groups in total. The number of nitrogens with zero attached hydrogens (tertiary/aromatic N) is 1. The van der Waals surface area contributed by atoms with Gasteiger partial charge in [0.05, 0.1) is 13.5 Å². The lowest BCUT2D eigenvalue weighted by Crippen LogP contribution is -2.43. The summed E-state index contributed by atoms with van der Waals surface area (Å²) in [6.45, 7) is 4.46. The average molecular weight is 265 g/mol. The molecule has 0 aromatic rings. The quantitative estimate of drug-likeness (QED) is 0.564. The molecule has 2 bridgehead atoms. The summed E-state index contributed by atoms with van der Waals surface area (Å²) >= 11 is 0. The minimum absolute atomic E-state index is 0.120. The predicted octanol–water partition coefficient (Wildman–Crippen LogP) is 2.00. The number of hydrogen-bond donors (Lipinski definition) is 0.